The van der Waals surface area contributed by atoms with Crippen molar-refractivity contribution in [1.82, 2.24) is 4.90 Å². The fourth-order valence-electron chi connectivity index (χ4n) is 2.77. The molecule has 0 radical (unpaired) electrons. The summed E-state index contributed by atoms with van der Waals surface area (Å²) < 4.78 is 11.0. The molecule has 2 aliphatic rings. The van der Waals surface area contributed by atoms with Gasteiger partial charge >= 0.3 is 0 Å². The van der Waals surface area contributed by atoms with Crippen LogP contribution in [0, 0.1) is 5.92 Å². The fraction of sp³-hybridized carbons (Fsp3) is 0.533. The van der Waals surface area contributed by atoms with Gasteiger partial charge in [0.2, 0.25) is 0 Å². The quantitative estimate of drug-likeness (QED) is 0.805. The summed E-state index contributed by atoms with van der Waals surface area (Å²) in [5, 5.41) is 0. The molecule has 4 nitrogen and oxygen atoms in total. The fourth-order valence-corrected chi connectivity index (χ4v) is 3.07. The third kappa shape index (κ3) is 2.70. The lowest BCUT2D eigenvalue weighted by Gasteiger charge is -2.20. The van der Waals surface area contributed by atoms with Gasteiger partial charge in [0.05, 0.1) is 0 Å². The average Bonchev–Trinajstić information content (AvgIpc) is 2.95. The molecular weight excluding hydrogens is 278 g/mol. The minimum atomic E-state index is 0.0686. The first-order chi connectivity index (χ1) is 9.78. The Balaban J connectivity index is 1.71. The minimum absolute atomic E-state index is 0.0686. The smallest absolute Gasteiger partial charge is 0.254 e. The number of carbonyl (C=O) groups excluding carboxylic acids is 1. The number of fused-ring (bicyclic) bond motifs is 1. The van der Waals surface area contributed by atoms with Gasteiger partial charge in [0, 0.05) is 24.5 Å². The molecule has 1 saturated heterocycles. The van der Waals surface area contributed by atoms with Gasteiger partial charge in [-0.15, -0.1) is 11.6 Å². The number of rotatable bonds is 3. The van der Waals surface area contributed by atoms with Gasteiger partial charge in [-0.1, -0.05) is 0 Å². The maximum absolute atomic E-state index is 12.5. The van der Waals surface area contributed by atoms with E-state index >= 15 is 0 Å². The van der Waals surface area contributed by atoms with Crippen LogP contribution >= 0.6 is 11.6 Å². The van der Waals surface area contributed by atoms with Gasteiger partial charge in [0.1, 0.15) is 13.2 Å². The summed E-state index contributed by atoms with van der Waals surface area (Å²) in [5.41, 5.74) is 0.667. The second-order valence-corrected chi connectivity index (χ2v) is 5.62. The zero-order valence-electron chi connectivity index (χ0n) is 11.3. The van der Waals surface area contributed by atoms with Gasteiger partial charge in [0.25, 0.3) is 5.91 Å². The number of likely N-dealkylation sites (tertiary alicyclic amines) is 1. The molecule has 5 heteroatoms. The van der Waals surface area contributed by atoms with E-state index < -0.39 is 0 Å². The SMILES string of the molecule is O=C(c1ccc2c(c1)OCCO2)N1CCC(CCCl)C1. The Morgan fingerprint density at radius 1 is 1.30 bits per heavy atom. The second kappa shape index (κ2) is 5.92. The van der Waals surface area contributed by atoms with E-state index in [0.29, 0.717) is 42.1 Å². The zero-order chi connectivity index (χ0) is 13.9. The third-order valence-corrected chi connectivity index (χ3v) is 4.10. The average molecular weight is 296 g/mol. The summed E-state index contributed by atoms with van der Waals surface area (Å²) in [7, 11) is 0. The molecule has 1 atom stereocenters. The van der Waals surface area contributed by atoms with Crippen molar-refractivity contribution in [2.45, 2.75) is 12.8 Å². The summed E-state index contributed by atoms with van der Waals surface area (Å²) in [6.07, 6.45) is 2.02. The predicted molar refractivity (Wildman–Crippen MR) is 76.8 cm³/mol. The Hall–Kier alpha value is -1.42. The van der Waals surface area contributed by atoms with Gasteiger partial charge in [-0.25, -0.2) is 0 Å². The molecular formula is C15H18ClNO3. The Morgan fingerprint density at radius 3 is 2.90 bits per heavy atom. The summed E-state index contributed by atoms with van der Waals surface area (Å²) >= 11 is 5.77. The molecule has 2 heterocycles. The van der Waals surface area contributed by atoms with Crippen molar-refractivity contribution in [2.24, 2.45) is 5.92 Å². The van der Waals surface area contributed by atoms with Crippen molar-refractivity contribution in [3.05, 3.63) is 23.8 Å². The Labute approximate surface area is 123 Å². The molecule has 1 fully saturated rings. The number of hydrogen-bond donors (Lipinski definition) is 0. The number of amides is 1. The van der Waals surface area contributed by atoms with E-state index in [1.165, 1.54) is 0 Å². The van der Waals surface area contributed by atoms with E-state index in [0.717, 1.165) is 25.9 Å². The molecule has 1 aromatic rings. The largest absolute Gasteiger partial charge is 0.486 e. The normalized spacial score (nSPS) is 21.1. The summed E-state index contributed by atoms with van der Waals surface area (Å²) in [6, 6.07) is 5.41. The van der Waals surface area contributed by atoms with E-state index in [4.69, 9.17) is 21.1 Å². The van der Waals surface area contributed by atoms with Crippen LogP contribution in [-0.4, -0.2) is 43.0 Å². The van der Waals surface area contributed by atoms with Crippen molar-refractivity contribution in [2.75, 3.05) is 32.2 Å². The van der Waals surface area contributed by atoms with E-state index in [-0.39, 0.29) is 5.91 Å². The van der Waals surface area contributed by atoms with Crippen LogP contribution in [0.3, 0.4) is 0 Å². The lowest BCUT2D eigenvalue weighted by molar-refractivity contribution is 0.0785. The molecule has 1 aromatic carbocycles. The number of hydrogen-bond acceptors (Lipinski definition) is 3. The molecule has 1 amide bonds. The van der Waals surface area contributed by atoms with Crippen molar-refractivity contribution in [1.29, 1.82) is 0 Å². The number of benzene rings is 1. The Kier molecular flexibility index (Phi) is 4.01. The van der Waals surface area contributed by atoms with Crippen LogP contribution < -0.4 is 9.47 Å². The number of carbonyl (C=O) groups is 1. The topological polar surface area (TPSA) is 38.8 Å². The van der Waals surface area contributed by atoms with Crippen LogP contribution in [0.5, 0.6) is 11.5 Å². The third-order valence-electron chi connectivity index (χ3n) is 3.88. The maximum Gasteiger partial charge on any atom is 0.254 e. The minimum Gasteiger partial charge on any atom is -0.486 e. The number of halogens is 1. The molecule has 0 spiro atoms. The van der Waals surface area contributed by atoms with E-state index in [1.54, 1.807) is 6.07 Å². The lowest BCUT2D eigenvalue weighted by Crippen LogP contribution is -2.29. The highest BCUT2D eigenvalue weighted by atomic mass is 35.5. The molecule has 0 aliphatic carbocycles. The molecule has 0 saturated carbocycles. The maximum atomic E-state index is 12.5. The highest BCUT2D eigenvalue weighted by Gasteiger charge is 2.27. The highest BCUT2D eigenvalue weighted by molar-refractivity contribution is 6.17. The predicted octanol–water partition coefficient (Wildman–Crippen LogP) is 2.55. The molecule has 3 rings (SSSR count). The van der Waals surface area contributed by atoms with Crippen LogP contribution in [0.15, 0.2) is 18.2 Å². The van der Waals surface area contributed by atoms with Crippen LogP contribution in [0.1, 0.15) is 23.2 Å². The van der Waals surface area contributed by atoms with Crippen molar-refractivity contribution in [3.8, 4) is 11.5 Å². The summed E-state index contributed by atoms with van der Waals surface area (Å²) in [5.74, 6) is 2.65. The molecule has 0 bridgehead atoms. The van der Waals surface area contributed by atoms with Crippen molar-refractivity contribution >= 4 is 17.5 Å². The van der Waals surface area contributed by atoms with Crippen LogP contribution in [0.2, 0.25) is 0 Å². The van der Waals surface area contributed by atoms with Gasteiger partial charge in [-0.2, -0.15) is 0 Å². The molecule has 108 valence electrons. The van der Waals surface area contributed by atoms with Gasteiger partial charge in [-0.3, -0.25) is 4.79 Å². The highest BCUT2D eigenvalue weighted by Crippen LogP contribution is 2.31. The molecule has 1 unspecified atom stereocenters. The van der Waals surface area contributed by atoms with Crippen LogP contribution in [-0.2, 0) is 0 Å². The van der Waals surface area contributed by atoms with Crippen molar-refractivity contribution in [3.63, 3.8) is 0 Å². The number of ether oxygens (including phenoxy) is 2. The standard InChI is InChI=1S/C15H18ClNO3/c16-5-3-11-4-6-17(10-11)15(18)12-1-2-13-14(9-12)20-8-7-19-13/h1-2,9,11H,3-8,10H2. The van der Waals surface area contributed by atoms with Gasteiger partial charge < -0.3 is 14.4 Å². The molecule has 2 aliphatic heterocycles. The summed E-state index contributed by atoms with van der Waals surface area (Å²) in [4.78, 5) is 14.4. The van der Waals surface area contributed by atoms with Crippen LogP contribution in [0.4, 0.5) is 0 Å². The molecule has 0 N–H and O–H groups in total. The van der Waals surface area contributed by atoms with E-state index in [9.17, 15) is 4.79 Å². The number of nitrogens with zero attached hydrogens (tertiary/aromatic N) is 1. The monoisotopic (exact) mass is 295 g/mol. The van der Waals surface area contributed by atoms with Crippen LogP contribution in [0.25, 0.3) is 0 Å². The van der Waals surface area contributed by atoms with E-state index in [2.05, 4.69) is 0 Å². The number of alkyl halides is 1. The Bertz CT molecular complexity index is 506. The Morgan fingerprint density at radius 2 is 2.10 bits per heavy atom. The van der Waals surface area contributed by atoms with E-state index in [1.807, 2.05) is 17.0 Å². The first-order valence-corrected chi connectivity index (χ1v) is 7.56. The van der Waals surface area contributed by atoms with Gasteiger partial charge in [0.15, 0.2) is 11.5 Å². The first-order valence-electron chi connectivity index (χ1n) is 7.03. The molecule has 0 aromatic heterocycles. The van der Waals surface area contributed by atoms with Crippen molar-refractivity contribution < 1.29 is 14.3 Å². The molecule has 20 heavy (non-hydrogen) atoms. The summed E-state index contributed by atoms with van der Waals surface area (Å²) in [6.45, 7) is 2.72. The first kappa shape index (κ1) is 13.6. The van der Waals surface area contributed by atoms with Gasteiger partial charge in [-0.05, 0) is 37.0 Å². The zero-order valence-corrected chi connectivity index (χ0v) is 12.1. The second-order valence-electron chi connectivity index (χ2n) is 5.24. The lowest BCUT2D eigenvalue weighted by atomic mass is 10.1.